The highest BCUT2D eigenvalue weighted by molar-refractivity contribution is 5.53. The van der Waals surface area contributed by atoms with Crippen molar-refractivity contribution in [2.24, 2.45) is 0 Å². The fourth-order valence-electron chi connectivity index (χ4n) is 1.33. The van der Waals surface area contributed by atoms with Crippen molar-refractivity contribution in [2.45, 2.75) is 38.9 Å². The number of nitrogens with zero attached hydrogens (tertiary/aromatic N) is 2. The van der Waals surface area contributed by atoms with Crippen LogP contribution in [0.5, 0.6) is 0 Å². The molecule has 1 heterocycles. The average Bonchev–Trinajstić information content (AvgIpc) is 2.47. The Morgan fingerprint density at radius 3 is 2.25 bits per heavy atom. The van der Waals surface area contributed by atoms with Crippen LogP contribution in [0.1, 0.15) is 32.2 Å². The zero-order valence-corrected chi connectivity index (χ0v) is 9.30. The number of aromatic nitrogens is 2. The molecule has 90 valence electrons. The summed E-state index contributed by atoms with van der Waals surface area (Å²) in [4.78, 5) is 10.3. The Morgan fingerprint density at radius 1 is 1.38 bits per heavy atom. The number of halogens is 3. The quantitative estimate of drug-likeness (QED) is 0.736. The molecule has 0 aliphatic heterocycles. The summed E-state index contributed by atoms with van der Waals surface area (Å²) in [7, 11) is 0. The predicted molar refractivity (Wildman–Crippen MR) is 52.0 cm³/mol. The fraction of sp³-hybridized carbons (Fsp3) is 0.600. The third-order valence-electron chi connectivity index (χ3n) is 1.98. The van der Waals surface area contributed by atoms with Crippen molar-refractivity contribution in [3.63, 3.8) is 0 Å². The first-order chi connectivity index (χ1) is 7.16. The molecule has 16 heavy (non-hydrogen) atoms. The highest BCUT2D eigenvalue weighted by atomic mass is 19.4. The maximum absolute atomic E-state index is 12.7. The smallest absolute Gasteiger partial charge is 0.303 e. The lowest BCUT2D eigenvalue weighted by Gasteiger charge is -2.23. The molecule has 1 aromatic heterocycles. The van der Waals surface area contributed by atoms with Crippen LogP contribution in [0.2, 0.25) is 0 Å². The third kappa shape index (κ3) is 2.62. The Kier molecular flexibility index (Phi) is 3.12. The zero-order valence-electron chi connectivity index (χ0n) is 9.30. The van der Waals surface area contributed by atoms with Gasteiger partial charge >= 0.3 is 6.18 Å². The molecule has 3 nitrogen and oxygen atoms in total. The number of carbonyl (C=O) groups is 1. The van der Waals surface area contributed by atoms with Gasteiger partial charge in [0.05, 0.1) is 11.2 Å². The molecule has 0 radical (unpaired) electrons. The largest absolute Gasteiger partial charge is 0.433 e. The molecule has 0 atom stereocenters. The zero-order chi connectivity index (χ0) is 12.6. The SMILES string of the molecule is CC(C)(C)n1nc(CC=O)cc1C(F)(F)F. The van der Waals surface area contributed by atoms with Gasteiger partial charge in [0.2, 0.25) is 0 Å². The molecule has 1 aromatic rings. The van der Waals surface area contributed by atoms with E-state index in [9.17, 15) is 18.0 Å². The Bertz CT molecular complexity index is 356. The molecular formula is C10H13F3N2O. The molecule has 0 saturated heterocycles. The molecule has 0 aromatic carbocycles. The summed E-state index contributed by atoms with van der Waals surface area (Å²) in [6.45, 7) is 4.87. The summed E-state index contributed by atoms with van der Waals surface area (Å²) in [5, 5.41) is 3.80. The number of hydrogen-bond donors (Lipinski definition) is 0. The van der Waals surface area contributed by atoms with Crippen LogP contribution in [0.4, 0.5) is 13.2 Å². The molecule has 1 rings (SSSR count). The van der Waals surface area contributed by atoms with E-state index in [1.54, 1.807) is 20.8 Å². The number of rotatable bonds is 2. The molecule has 0 unspecified atom stereocenters. The van der Waals surface area contributed by atoms with Crippen molar-refractivity contribution < 1.29 is 18.0 Å². The van der Waals surface area contributed by atoms with Gasteiger partial charge in [0, 0.05) is 6.42 Å². The molecule has 0 fully saturated rings. The molecule has 0 aliphatic rings. The Hall–Kier alpha value is -1.33. The molecule has 0 N–H and O–H groups in total. The van der Waals surface area contributed by atoms with Gasteiger partial charge in [-0.25, -0.2) is 0 Å². The van der Waals surface area contributed by atoms with Gasteiger partial charge in [0.1, 0.15) is 12.0 Å². The Labute approximate surface area is 91.3 Å². The monoisotopic (exact) mass is 234 g/mol. The van der Waals surface area contributed by atoms with Gasteiger partial charge in [-0.2, -0.15) is 18.3 Å². The van der Waals surface area contributed by atoms with Gasteiger partial charge in [0.25, 0.3) is 0 Å². The highest BCUT2D eigenvalue weighted by Gasteiger charge is 2.38. The first-order valence-corrected chi connectivity index (χ1v) is 4.76. The summed E-state index contributed by atoms with van der Waals surface area (Å²) in [5.74, 6) is 0. The number of hydrogen-bond acceptors (Lipinski definition) is 2. The van der Waals surface area contributed by atoms with E-state index in [1.807, 2.05) is 0 Å². The topological polar surface area (TPSA) is 34.9 Å². The molecule has 0 amide bonds. The van der Waals surface area contributed by atoms with Gasteiger partial charge < -0.3 is 4.79 Å². The first kappa shape index (κ1) is 12.7. The molecule has 0 aliphatic carbocycles. The molecule has 0 bridgehead atoms. The lowest BCUT2D eigenvalue weighted by Crippen LogP contribution is -2.28. The lowest BCUT2D eigenvalue weighted by atomic mass is 10.1. The van der Waals surface area contributed by atoms with Crippen LogP contribution in [-0.2, 0) is 22.9 Å². The summed E-state index contributed by atoms with van der Waals surface area (Å²) < 4.78 is 39.0. The van der Waals surface area contributed by atoms with Gasteiger partial charge in [-0.3, -0.25) is 4.68 Å². The number of aldehydes is 1. The molecule has 0 saturated carbocycles. The van der Waals surface area contributed by atoms with Crippen molar-refractivity contribution in [3.05, 3.63) is 17.5 Å². The van der Waals surface area contributed by atoms with E-state index < -0.39 is 17.4 Å². The van der Waals surface area contributed by atoms with E-state index in [2.05, 4.69) is 5.10 Å². The Morgan fingerprint density at radius 2 is 1.94 bits per heavy atom. The molecular weight excluding hydrogens is 221 g/mol. The minimum atomic E-state index is -4.46. The van der Waals surface area contributed by atoms with Crippen molar-refractivity contribution in [3.8, 4) is 0 Å². The summed E-state index contributed by atoms with van der Waals surface area (Å²) in [6.07, 6.45) is -4.02. The van der Waals surface area contributed by atoms with Crippen LogP contribution in [-0.4, -0.2) is 16.1 Å². The van der Waals surface area contributed by atoms with Crippen LogP contribution in [0, 0.1) is 0 Å². The second kappa shape index (κ2) is 3.92. The average molecular weight is 234 g/mol. The van der Waals surface area contributed by atoms with Crippen LogP contribution >= 0.6 is 0 Å². The van der Waals surface area contributed by atoms with Crippen molar-refractivity contribution >= 4 is 6.29 Å². The predicted octanol–water partition coefficient (Wildman–Crippen LogP) is 2.40. The Balaban J connectivity index is 3.29. The van der Waals surface area contributed by atoms with E-state index in [4.69, 9.17) is 0 Å². The van der Waals surface area contributed by atoms with Crippen molar-refractivity contribution in [1.82, 2.24) is 9.78 Å². The van der Waals surface area contributed by atoms with Crippen LogP contribution in [0.3, 0.4) is 0 Å². The van der Waals surface area contributed by atoms with E-state index in [-0.39, 0.29) is 12.1 Å². The number of alkyl halides is 3. The normalized spacial score (nSPS) is 12.9. The molecule has 0 spiro atoms. The van der Waals surface area contributed by atoms with Crippen molar-refractivity contribution in [2.75, 3.05) is 0 Å². The first-order valence-electron chi connectivity index (χ1n) is 4.76. The van der Waals surface area contributed by atoms with Crippen molar-refractivity contribution in [1.29, 1.82) is 0 Å². The summed E-state index contributed by atoms with van der Waals surface area (Å²) in [6, 6.07) is 0.916. The summed E-state index contributed by atoms with van der Waals surface area (Å²) in [5.41, 5.74) is -1.46. The van der Waals surface area contributed by atoms with Crippen LogP contribution in [0.15, 0.2) is 6.07 Å². The minimum Gasteiger partial charge on any atom is -0.303 e. The van der Waals surface area contributed by atoms with E-state index in [0.717, 1.165) is 10.7 Å². The lowest BCUT2D eigenvalue weighted by molar-refractivity contribution is -0.146. The van der Waals surface area contributed by atoms with Gasteiger partial charge in [-0.15, -0.1) is 0 Å². The van der Waals surface area contributed by atoms with E-state index in [0.29, 0.717) is 6.29 Å². The second-order valence-corrected chi connectivity index (χ2v) is 4.47. The van der Waals surface area contributed by atoms with E-state index in [1.165, 1.54) is 0 Å². The second-order valence-electron chi connectivity index (χ2n) is 4.47. The summed E-state index contributed by atoms with van der Waals surface area (Å²) >= 11 is 0. The minimum absolute atomic E-state index is 0.105. The highest BCUT2D eigenvalue weighted by Crippen LogP contribution is 2.32. The van der Waals surface area contributed by atoms with Crippen LogP contribution in [0.25, 0.3) is 0 Å². The third-order valence-corrected chi connectivity index (χ3v) is 1.98. The van der Waals surface area contributed by atoms with Gasteiger partial charge in [-0.1, -0.05) is 0 Å². The van der Waals surface area contributed by atoms with Gasteiger partial charge in [-0.05, 0) is 26.8 Å². The maximum atomic E-state index is 12.7. The van der Waals surface area contributed by atoms with Gasteiger partial charge in [0.15, 0.2) is 0 Å². The number of carbonyl (C=O) groups excluding carboxylic acids is 1. The fourth-order valence-corrected chi connectivity index (χ4v) is 1.33. The molecule has 6 heteroatoms. The maximum Gasteiger partial charge on any atom is 0.433 e. The van der Waals surface area contributed by atoms with E-state index >= 15 is 0 Å². The van der Waals surface area contributed by atoms with Crippen LogP contribution < -0.4 is 0 Å². The standard InChI is InChI=1S/C10H13F3N2O/c1-9(2,3)15-8(10(11,12)13)6-7(14-15)4-5-16/h5-6H,4H2,1-3H3.